The monoisotopic (exact) mass is 195 g/mol. The van der Waals surface area contributed by atoms with Gasteiger partial charge >= 0.3 is 5.97 Å². The van der Waals surface area contributed by atoms with Gasteiger partial charge in [0.1, 0.15) is 5.69 Å². The molecule has 0 aliphatic carbocycles. The van der Waals surface area contributed by atoms with Gasteiger partial charge < -0.3 is 9.30 Å². The minimum atomic E-state index is -0.286. The average Bonchev–Trinajstić information content (AvgIpc) is 2.68. The van der Waals surface area contributed by atoms with Gasteiger partial charge in [-0.05, 0) is 17.5 Å². The van der Waals surface area contributed by atoms with Crippen molar-refractivity contribution in [2.24, 2.45) is 7.05 Å². The highest BCUT2D eigenvalue weighted by Gasteiger charge is 2.13. The lowest BCUT2D eigenvalue weighted by atomic mass is 10.4. The van der Waals surface area contributed by atoms with E-state index in [0.29, 0.717) is 5.69 Å². The van der Waals surface area contributed by atoms with Gasteiger partial charge in [-0.2, -0.15) is 0 Å². The van der Waals surface area contributed by atoms with Crippen LogP contribution in [0.4, 0.5) is 0 Å². The third-order valence-corrected chi connectivity index (χ3v) is 2.91. The van der Waals surface area contributed by atoms with Crippen LogP contribution in [0.25, 0.3) is 10.2 Å². The van der Waals surface area contributed by atoms with Crippen molar-refractivity contribution < 1.29 is 9.53 Å². The number of aryl methyl sites for hydroxylation is 1. The van der Waals surface area contributed by atoms with Crippen molar-refractivity contribution >= 4 is 27.5 Å². The summed E-state index contributed by atoms with van der Waals surface area (Å²) in [6, 6.07) is 3.85. The summed E-state index contributed by atoms with van der Waals surface area (Å²) in [6.45, 7) is 0. The van der Waals surface area contributed by atoms with Crippen molar-refractivity contribution in [1.29, 1.82) is 0 Å². The molecule has 0 aromatic carbocycles. The fourth-order valence-corrected chi connectivity index (χ4v) is 2.20. The molecular weight excluding hydrogens is 186 g/mol. The molecule has 2 aromatic heterocycles. The summed E-state index contributed by atoms with van der Waals surface area (Å²) in [5.41, 5.74) is 1.68. The second-order valence-electron chi connectivity index (χ2n) is 2.75. The molecule has 0 spiro atoms. The number of rotatable bonds is 1. The van der Waals surface area contributed by atoms with Crippen LogP contribution in [0.2, 0.25) is 0 Å². The second kappa shape index (κ2) is 2.88. The Balaban J connectivity index is 2.64. The van der Waals surface area contributed by atoms with E-state index in [1.54, 1.807) is 11.3 Å². The SMILES string of the molecule is COC(=O)c1cc2sccc2n1C. The molecule has 0 bridgehead atoms. The molecule has 0 aliphatic rings. The van der Waals surface area contributed by atoms with Crippen LogP contribution in [0.5, 0.6) is 0 Å². The predicted octanol–water partition coefficient (Wildman–Crippen LogP) is 2.03. The van der Waals surface area contributed by atoms with Gasteiger partial charge in [-0.25, -0.2) is 4.79 Å². The number of hydrogen-bond acceptors (Lipinski definition) is 3. The number of nitrogens with zero attached hydrogens (tertiary/aromatic N) is 1. The van der Waals surface area contributed by atoms with Gasteiger partial charge in [0.05, 0.1) is 17.3 Å². The zero-order valence-electron chi connectivity index (χ0n) is 7.40. The first-order valence-corrected chi connectivity index (χ1v) is 4.73. The third-order valence-electron chi connectivity index (χ3n) is 2.06. The Bertz CT molecular complexity index is 455. The van der Waals surface area contributed by atoms with E-state index >= 15 is 0 Å². The Morgan fingerprint density at radius 3 is 3.00 bits per heavy atom. The molecule has 0 fully saturated rings. The zero-order valence-corrected chi connectivity index (χ0v) is 8.22. The maximum Gasteiger partial charge on any atom is 0.354 e. The number of ether oxygens (including phenoxy) is 1. The molecule has 0 saturated carbocycles. The van der Waals surface area contributed by atoms with E-state index in [4.69, 9.17) is 0 Å². The molecule has 4 heteroatoms. The molecule has 0 atom stereocenters. The van der Waals surface area contributed by atoms with Gasteiger partial charge in [0.25, 0.3) is 0 Å². The van der Waals surface area contributed by atoms with E-state index in [9.17, 15) is 4.79 Å². The van der Waals surface area contributed by atoms with Crippen LogP contribution in [0.1, 0.15) is 10.5 Å². The highest BCUT2D eigenvalue weighted by molar-refractivity contribution is 7.17. The van der Waals surface area contributed by atoms with E-state index in [-0.39, 0.29) is 5.97 Å². The Morgan fingerprint density at radius 2 is 2.38 bits per heavy atom. The minimum absolute atomic E-state index is 0.286. The summed E-state index contributed by atoms with van der Waals surface area (Å²) < 4.78 is 7.62. The number of aromatic nitrogens is 1. The van der Waals surface area contributed by atoms with Crippen molar-refractivity contribution in [1.82, 2.24) is 4.57 Å². The molecule has 3 nitrogen and oxygen atoms in total. The number of fused-ring (bicyclic) bond motifs is 1. The van der Waals surface area contributed by atoms with Crippen LogP contribution in [-0.2, 0) is 11.8 Å². The summed E-state index contributed by atoms with van der Waals surface area (Å²) in [6.07, 6.45) is 0. The Labute approximate surface area is 79.5 Å². The first kappa shape index (κ1) is 8.31. The molecule has 13 heavy (non-hydrogen) atoms. The van der Waals surface area contributed by atoms with Crippen LogP contribution < -0.4 is 0 Å². The van der Waals surface area contributed by atoms with Gasteiger partial charge in [-0.3, -0.25) is 0 Å². The minimum Gasteiger partial charge on any atom is -0.464 e. The van der Waals surface area contributed by atoms with E-state index in [1.807, 2.05) is 29.1 Å². The van der Waals surface area contributed by atoms with E-state index in [0.717, 1.165) is 10.2 Å². The van der Waals surface area contributed by atoms with Crippen LogP contribution in [0.3, 0.4) is 0 Å². The standard InChI is InChI=1S/C9H9NO2S/c1-10-6-3-4-13-8(6)5-7(10)9(11)12-2/h3-5H,1-2H3. The summed E-state index contributed by atoms with van der Waals surface area (Å²) in [4.78, 5) is 11.3. The van der Waals surface area contributed by atoms with Crippen molar-refractivity contribution in [2.45, 2.75) is 0 Å². The molecule has 0 aliphatic heterocycles. The maximum absolute atomic E-state index is 11.3. The maximum atomic E-state index is 11.3. The Morgan fingerprint density at radius 1 is 1.62 bits per heavy atom. The Kier molecular flexibility index (Phi) is 1.84. The van der Waals surface area contributed by atoms with Crippen LogP contribution in [0.15, 0.2) is 17.5 Å². The molecule has 2 heterocycles. The van der Waals surface area contributed by atoms with E-state index < -0.39 is 0 Å². The summed E-state index contributed by atoms with van der Waals surface area (Å²) in [5, 5.41) is 2.01. The molecule has 0 unspecified atom stereocenters. The number of carbonyl (C=O) groups excluding carboxylic acids is 1. The van der Waals surface area contributed by atoms with Gasteiger partial charge in [-0.1, -0.05) is 0 Å². The van der Waals surface area contributed by atoms with Crippen LogP contribution in [0, 0.1) is 0 Å². The molecule has 0 radical (unpaired) electrons. The lowest BCUT2D eigenvalue weighted by molar-refractivity contribution is 0.0590. The molecule has 2 aromatic rings. The molecule has 0 amide bonds. The first-order valence-electron chi connectivity index (χ1n) is 3.85. The van der Waals surface area contributed by atoms with Crippen molar-refractivity contribution in [3.63, 3.8) is 0 Å². The molecule has 2 rings (SSSR count). The second-order valence-corrected chi connectivity index (χ2v) is 3.70. The molecular formula is C9H9NO2S. The van der Waals surface area contributed by atoms with Crippen LogP contribution >= 0.6 is 11.3 Å². The summed E-state index contributed by atoms with van der Waals surface area (Å²) >= 11 is 1.62. The van der Waals surface area contributed by atoms with Crippen molar-refractivity contribution in [3.05, 3.63) is 23.2 Å². The fourth-order valence-electron chi connectivity index (χ4n) is 1.35. The summed E-state index contributed by atoms with van der Waals surface area (Å²) in [5.74, 6) is -0.286. The van der Waals surface area contributed by atoms with E-state index in [1.165, 1.54) is 7.11 Å². The number of methoxy groups -OCH3 is 1. The van der Waals surface area contributed by atoms with Gasteiger partial charge in [0.15, 0.2) is 0 Å². The topological polar surface area (TPSA) is 31.2 Å². The van der Waals surface area contributed by atoms with Gasteiger partial charge in [0.2, 0.25) is 0 Å². The zero-order chi connectivity index (χ0) is 9.42. The molecule has 0 saturated heterocycles. The molecule has 0 N–H and O–H groups in total. The quantitative estimate of drug-likeness (QED) is 0.652. The van der Waals surface area contributed by atoms with Gasteiger partial charge in [0, 0.05) is 7.05 Å². The largest absolute Gasteiger partial charge is 0.464 e. The predicted molar refractivity (Wildman–Crippen MR) is 52.1 cm³/mol. The highest BCUT2D eigenvalue weighted by Crippen LogP contribution is 2.24. The first-order chi connectivity index (χ1) is 6.24. The number of thiophene rings is 1. The van der Waals surface area contributed by atoms with Crippen molar-refractivity contribution in [3.8, 4) is 0 Å². The van der Waals surface area contributed by atoms with Crippen molar-refractivity contribution in [2.75, 3.05) is 7.11 Å². The van der Waals surface area contributed by atoms with E-state index in [2.05, 4.69) is 4.74 Å². The lowest BCUT2D eigenvalue weighted by Crippen LogP contribution is -2.06. The Hall–Kier alpha value is -1.29. The average molecular weight is 195 g/mol. The lowest BCUT2D eigenvalue weighted by Gasteiger charge is -2.00. The highest BCUT2D eigenvalue weighted by atomic mass is 32.1. The normalized spacial score (nSPS) is 10.6. The van der Waals surface area contributed by atoms with Crippen LogP contribution in [-0.4, -0.2) is 17.6 Å². The fraction of sp³-hybridized carbons (Fsp3) is 0.222. The van der Waals surface area contributed by atoms with Gasteiger partial charge in [-0.15, -0.1) is 11.3 Å². The molecule has 68 valence electrons. The summed E-state index contributed by atoms with van der Waals surface area (Å²) in [7, 11) is 3.25. The number of carbonyl (C=O) groups is 1. The number of hydrogen-bond donors (Lipinski definition) is 0. The number of esters is 1. The smallest absolute Gasteiger partial charge is 0.354 e. The third kappa shape index (κ3) is 1.14.